The van der Waals surface area contributed by atoms with Gasteiger partial charge in [-0.25, -0.2) is 27.5 Å². The molecule has 5 nitrogen and oxygen atoms in total. The predicted molar refractivity (Wildman–Crippen MR) is 64.3 cm³/mol. The van der Waals surface area contributed by atoms with Gasteiger partial charge in [0, 0.05) is 17.4 Å². The Morgan fingerprint density at radius 3 is 2.50 bits per heavy atom. The van der Waals surface area contributed by atoms with E-state index in [1.54, 1.807) is 0 Å². The number of nitrogens with zero attached hydrogens (tertiary/aromatic N) is 2. The van der Waals surface area contributed by atoms with Gasteiger partial charge in [-0.1, -0.05) is 11.6 Å². The number of sulfonamides is 1. The van der Waals surface area contributed by atoms with E-state index in [9.17, 15) is 12.8 Å². The Morgan fingerprint density at radius 2 is 1.89 bits per heavy atom. The largest absolute Gasteiger partial charge is 0.267 e. The van der Waals surface area contributed by atoms with Crippen LogP contribution in [0.15, 0.2) is 41.6 Å². The number of rotatable bonds is 3. The van der Waals surface area contributed by atoms with Gasteiger partial charge in [-0.3, -0.25) is 0 Å². The van der Waals surface area contributed by atoms with Crippen LogP contribution in [0.5, 0.6) is 0 Å². The van der Waals surface area contributed by atoms with Crippen molar-refractivity contribution in [3.63, 3.8) is 0 Å². The second-order valence-corrected chi connectivity index (χ2v) is 5.34. The van der Waals surface area contributed by atoms with E-state index in [1.807, 2.05) is 0 Å². The fourth-order valence-corrected chi connectivity index (χ4v) is 2.40. The summed E-state index contributed by atoms with van der Waals surface area (Å²) in [6, 6.07) is 4.80. The van der Waals surface area contributed by atoms with Crippen molar-refractivity contribution in [1.82, 2.24) is 9.97 Å². The number of hydrogen-bond donors (Lipinski definition) is 1. The Labute approximate surface area is 108 Å². The summed E-state index contributed by atoms with van der Waals surface area (Å²) in [7, 11) is -4.07. The van der Waals surface area contributed by atoms with Crippen molar-refractivity contribution >= 4 is 27.6 Å². The summed E-state index contributed by atoms with van der Waals surface area (Å²) in [5, 5.41) is 0.113. The van der Waals surface area contributed by atoms with Crippen molar-refractivity contribution in [2.75, 3.05) is 4.72 Å². The van der Waals surface area contributed by atoms with Crippen molar-refractivity contribution < 1.29 is 12.8 Å². The maximum atomic E-state index is 13.5. The Balaban J connectivity index is 2.37. The monoisotopic (exact) mass is 287 g/mol. The van der Waals surface area contributed by atoms with Crippen molar-refractivity contribution in [3.8, 4) is 0 Å². The van der Waals surface area contributed by atoms with Gasteiger partial charge in [0.2, 0.25) is 5.95 Å². The molecular weight excluding hydrogens is 281 g/mol. The highest BCUT2D eigenvalue weighted by Crippen LogP contribution is 2.20. The summed E-state index contributed by atoms with van der Waals surface area (Å²) in [6.07, 6.45) is 2.73. The molecule has 0 amide bonds. The summed E-state index contributed by atoms with van der Waals surface area (Å²) in [6.45, 7) is 0. The summed E-state index contributed by atoms with van der Waals surface area (Å²) < 4.78 is 39.3. The summed E-state index contributed by atoms with van der Waals surface area (Å²) >= 11 is 5.55. The van der Waals surface area contributed by atoms with Gasteiger partial charge in [0.15, 0.2) is 0 Å². The first-order chi connectivity index (χ1) is 8.49. The molecule has 0 spiro atoms. The van der Waals surface area contributed by atoms with Crippen LogP contribution in [0.2, 0.25) is 5.02 Å². The molecule has 0 unspecified atom stereocenters. The van der Waals surface area contributed by atoms with E-state index in [4.69, 9.17) is 11.6 Å². The lowest BCUT2D eigenvalue weighted by atomic mass is 10.3. The third-order valence-corrected chi connectivity index (χ3v) is 3.57. The highest BCUT2D eigenvalue weighted by atomic mass is 35.5. The van der Waals surface area contributed by atoms with Crippen molar-refractivity contribution in [3.05, 3.63) is 47.5 Å². The van der Waals surface area contributed by atoms with Crippen LogP contribution in [0.25, 0.3) is 0 Å². The molecule has 0 bridgehead atoms. The van der Waals surface area contributed by atoms with Crippen LogP contribution < -0.4 is 4.72 Å². The Kier molecular flexibility index (Phi) is 3.44. The van der Waals surface area contributed by atoms with Crippen molar-refractivity contribution in [2.45, 2.75) is 4.90 Å². The SMILES string of the molecule is O=S(=O)(Nc1ncccn1)c1ccc(Cl)cc1F. The molecule has 0 saturated heterocycles. The summed E-state index contributed by atoms with van der Waals surface area (Å²) in [5.41, 5.74) is 0. The molecule has 0 fully saturated rings. The number of hydrogen-bond acceptors (Lipinski definition) is 4. The number of aromatic nitrogens is 2. The van der Waals surface area contributed by atoms with Gasteiger partial charge in [-0.2, -0.15) is 0 Å². The molecule has 1 N–H and O–H groups in total. The highest BCUT2D eigenvalue weighted by molar-refractivity contribution is 7.92. The Hall–Kier alpha value is -1.73. The van der Waals surface area contributed by atoms with Crippen LogP contribution in [0.3, 0.4) is 0 Å². The summed E-state index contributed by atoms with van der Waals surface area (Å²) in [5.74, 6) is -1.07. The molecule has 94 valence electrons. The molecular formula is C10H7ClFN3O2S. The molecule has 1 aromatic carbocycles. The van der Waals surface area contributed by atoms with E-state index >= 15 is 0 Å². The van der Waals surface area contributed by atoms with E-state index in [-0.39, 0.29) is 11.0 Å². The van der Waals surface area contributed by atoms with Crippen LogP contribution in [0.4, 0.5) is 10.3 Å². The fraction of sp³-hybridized carbons (Fsp3) is 0. The maximum absolute atomic E-state index is 13.5. The van der Waals surface area contributed by atoms with Crippen molar-refractivity contribution in [1.29, 1.82) is 0 Å². The fourth-order valence-electron chi connectivity index (χ4n) is 1.22. The number of nitrogens with one attached hydrogen (secondary N) is 1. The molecule has 18 heavy (non-hydrogen) atoms. The molecule has 0 saturated carbocycles. The maximum Gasteiger partial charge on any atom is 0.267 e. The normalized spacial score (nSPS) is 11.2. The molecule has 0 atom stereocenters. The third-order valence-electron chi connectivity index (χ3n) is 1.97. The van der Waals surface area contributed by atoms with Gasteiger partial charge in [-0.15, -0.1) is 0 Å². The molecule has 0 aliphatic heterocycles. The second kappa shape index (κ2) is 4.87. The van der Waals surface area contributed by atoms with Gasteiger partial charge < -0.3 is 0 Å². The third kappa shape index (κ3) is 2.74. The molecule has 1 heterocycles. The van der Waals surface area contributed by atoms with Crippen LogP contribution >= 0.6 is 11.6 Å². The number of benzene rings is 1. The summed E-state index contributed by atoms with van der Waals surface area (Å²) in [4.78, 5) is 6.86. The van der Waals surface area contributed by atoms with Crippen LogP contribution in [-0.2, 0) is 10.0 Å². The second-order valence-electron chi connectivity index (χ2n) is 3.25. The molecule has 0 aliphatic rings. The van der Waals surface area contributed by atoms with Gasteiger partial charge in [0.05, 0.1) is 0 Å². The zero-order valence-electron chi connectivity index (χ0n) is 8.84. The van der Waals surface area contributed by atoms with Gasteiger partial charge in [0.25, 0.3) is 10.0 Å². The minimum absolute atomic E-state index is 0.113. The molecule has 2 rings (SSSR count). The lowest BCUT2D eigenvalue weighted by molar-refractivity contribution is 0.570. The van der Waals surface area contributed by atoms with E-state index in [0.717, 1.165) is 12.1 Å². The lowest BCUT2D eigenvalue weighted by Gasteiger charge is -2.07. The average molecular weight is 288 g/mol. The molecule has 0 radical (unpaired) electrons. The minimum Gasteiger partial charge on any atom is -0.247 e. The zero-order chi connectivity index (χ0) is 13.2. The minimum atomic E-state index is -4.07. The lowest BCUT2D eigenvalue weighted by Crippen LogP contribution is -2.16. The first-order valence-electron chi connectivity index (χ1n) is 4.74. The van der Waals surface area contributed by atoms with Gasteiger partial charge >= 0.3 is 0 Å². The Morgan fingerprint density at radius 1 is 1.22 bits per heavy atom. The topological polar surface area (TPSA) is 72.0 Å². The van der Waals surface area contributed by atoms with Gasteiger partial charge in [-0.05, 0) is 24.3 Å². The molecule has 2 aromatic rings. The van der Waals surface area contributed by atoms with Crippen LogP contribution in [0.1, 0.15) is 0 Å². The quantitative estimate of drug-likeness (QED) is 0.938. The molecule has 0 aliphatic carbocycles. The average Bonchev–Trinajstić information content (AvgIpc) is 2.29. The smallest absolute Gasteiger partial charge is 0.247 e. The van der Waals surface area contributed by atoms with Crippen LogP contribution in [-0.4, -0.2) is 18.4 Å². The number of anilines is 1. The number of halogens is 2. The molecule has 8 heteroatoms. The first-order valence-corrected chi connectivity index (χ1v) is 6.60. The molecule has 1 aromatic heterocycles. The van der Waals surface area contributed by atoms with Gasteiger partial charge in [0.1, 0.15) is 10.7 Å². The van der Waals surface area contributed by atoms with E-state index in [1.165, 1.54) is 24.5 Å². The first kappa shape index (κ1) is 12.7. The van der Waals surface area contributed by atoms with Crippen molar-refractivity contribution in [2.24, 2.45) is 0 Å². The standard InChI is InChI=1S/C10H7ClFN3O2S/c11-7-2-3-9(8(12)6-7)18(16,17)15-10-13-4-1-5-14-10/h1-6H,(H,13,14,15). The van der Waals surface area contributed by atoms with E-state index in [0.29, 0.717) is 0 Å². The highest BCUT2D eigenvalue weighted by Gasteiger charge is 2.20. The zero-order valence-corrected chi connectivity index (χ0v) is 10.4. The van der Waals surface area contributed by atoms with E-state index in [2.05, 4.69) is 14.7 Å². The van der Waals surface area contributed by atoms with E-state index < -0.39 is 20.7 Å². The predicted octanol–water partition coefficient (Wildman–Crippen LogP) is 2.07. The van der Waals surface area contributed by atoms with Crippen LogP contribution in [0, 0.1) is 5.82 Å². The Bertz CT molecular complexity index is 664.